The predicted molar refractivity (Wildman–Crippen MR) is 59.5 cm³/mol. The zero-order valence-electron chi connectivity index (χ0n) is 9.81. The molecule has 1 fully saturated rings. The van der Waals surface area contributed by atoms with E-state index in [2.05, 4.69) is 0 Å². The fourth-order valence-corrected chi connectivity index (χ4v) is 1.81. The molecule has 1 N–H and O–H groups in total. The van der Waals surface area contributed by atoms with Gasteiger partial charge < -0.3 is 19.3 Å². The molecule has 6 heteroatoms. The first-order chi connectivity index (χ1) is 8.61. The van der Waals surface area contributed by atoms with Crippen molar-refractivity contribution in [2.24, 2.45) is 0 Å². The average Bonchev–Trinajstić information content (AvgIpc) is 2.81. The monoisotopic (exact) mass is 256 g/mol. The third-order valence-corrected chi connectivity index (χ3v) is 2.60. The number of halogens is 1. The van der Waals surface area contributed by atoms with Gasteiger partial charge in [0, 0.05) is 12.5 Å². The highest BCUT2D eigenvalue weighted by atomic mass is 19.1. The van der Waals surface area contributed by atoms with Crippen LogP contribution in [-0.2, 0) is 4.74 Å². The summed E-state index contributed by atoms with van der Waals surface area (Å²) in [6.45, 7) is 0.577. The zero-order valence-corrected chi connectivity index (χ0v) is 9.81. The van der Waals surface area contributed by atoms with Crippen molar-refractivity contribution < 1.29 is 28.5 Å². The highest BCUT2D eigenvalue weighted by Crippen LogP contribution is 2.34. The number of aromatic carboxylic acids is 1. The molecule has 1 atom stereocenters. The molecule has 1 aliphatic heterocycles. The standard InChI is InChI=1S/C12H13FO5/c1-16-11-8(12(14)15)5-7(13)6-9(11)18-10-3-2-4-17-10/h5-6,10H,2-4H2,1H3,(H,14,15). The van der Waals surface area contributed by atoms with Crippen LogP contribution >= 0.6 is 0 Å². The number of benzene rings is 1. The number of ether oxygens (including phenoxy) is 3. The van der Waals surface area contributed by atoms with E-state index in [9.17, 15) is 9.18 Å². The maximum absolute atomic E-state index is 13.3. The van der Waals surface area contributed by atoms with Gasteiger partial charge in [-0.1, -0.05) is 0 Å². The Balaban J connectivity index is 2.34. The van der Waals surface area contributed by atoms with E-state index in [-0.39, 0.29) is 17.1 Å². The highest BCUT2D eigenvalue weighted by molar-refractivity contribution is 5.92. The van der Waals surface area contributed by atoms with E-state index in [0.717, 1.165) is 18.6 Å². The molecule has 0 radical (unpaired) electrons. The first-order valence-corrected chi connectivity index (χ1v) is 5.51. The van der Waals surface area contributed by atoms with Gasteiger partial charge in [0.25, 0.3) is 0 Å². The van der Waals surface area contributed by atoms with E-state index in [1.54, 1.807) is 0 Å². The predicted octanol–water partition coefficient (Wildman–Crippen LogP) is 2.05. The van der Waals surface area contributed by atoms with Crippen molar-refractivity contribution in [2.45, 2.75) is 19.1 Å². The van der Waals surface area contributed by atoms with Gasteiger partial charge in [-0.2, -0.15) is 0 Å². The molecule has 0 aromatic heterocycles. The summed E-state index contributed by atoms with van der Waals surface area (Å²) in [6, 6.07) is 1.98. The van der Waals surface area contributed by atoms with E-state index in [0.29, 0.717) is 13.0 Å². The van der Waals surface area contributed by atoms with E-state index in [4.69, 9.17) is 19.3 Å². The molecule has 1 saturated heterocycles. The van der Waals surface area contributed by atoms with Crippen LogP contribution in [0.4, 0.5) is 4.39 Å². The second-order valence-electron chi connectivity index (χ2n) is 3.85. The van der Waals surface area contributed by atoms with Crippen LogP contribution in [0.25, 0.3) is 0 Å². The van der Waals surface area contributed by atoms with E-state index >= 15 is 0 Å². The van der Waals surface area contributed by atoms with Crippen molar-refractivity contribution in [1.82, 2.24) is 0 Å². The lowest BCUT2D eigenvalue weighted by Gasteiger charge is -2.16. The van der Waals surface area contributed by atoms with Crippen molar-refractivity contribution >= 4 is 5.97 Å². The molecule has 2 rings (SSSR count). The molecule has 1 aromatic rings. The van der Waals surface area contributed by atoms with Gasteiger partial charge >= 0.3 is 5.97 Å². The van der Waals surface area contributed by atoms with Crippen LogP contribution in [0.5, 0.6) is 11.5 Å². The number of hydrogen-bond acceptors (Lipinski definition) is 4. The number of methoxy groups -OCH3 is 1. The molecule has 1 aliphatic rings. The second-order valence-corrected chi connectivity index (χ2v) is 3.85. The molecule has 1 aromatic carbocycles. The number of carbonyl (C=O) groups is 1. The van der Waals surface area contributed by atoms with Crippen LogP contribution in [0.2, 0.25) is 0 Å². The maximum Gasteiger partial charge on any atom is 0.339 e. The third kappa shape index (κ3) is 2.53. The molecular weight excluding hydrogens is 243 g/mol. The van der Waals surface area contributed by atoms with Gasteiger partial charge in [0.2, 0.25) is 0 Å². The molecule has 98 valence electrons. The van der Waals surface area contributed by atoms with E-state index < -0.39 is 18.1 Å². The molecule has 5 nitrogen and oxygen atoms in total. The second kappa shape index (κ2) is 5.22. The summed E-state index contributed by atoms with van der Waals surface area (Å²) in [4.78, 5) is 11.0. The molecule has 0 amide bonds. The van der Waals surface area contributed by atoms with E-state index in [1.165, 1.54) is 7.11 Å². The minimum Gasteiger partial charge on any atom is -0.492 e. The summed E-state index contributed by atoms with van der Waals surface area (Å²) >= 11 is 0. The SMILES string of the molecule is COc1c(OC2CCCO2)cc(F)cc1C(=O)O. The number of rotatable bonds is 4. The molecule has 0 bridgehead atoms. The largest absolute Gasteiger partial charge is 0.492 e. The van der Waals surface area contributed by atoms with Crippen LogP contribution in [0, 0.1) is 5.82 Å². The summed E-state index contributed by atoms with van der Waals surface area (Å²) in [6.07, 6.45) is 1.05. The summed E-state index contributed by atoms with van der Waals surface area (Å²) in [7, 11) is 1.31. The molecule has 1 unspecified atom stereocenters. The quantitative estimate of drug-likeness (QED) is 0.893. The van der Waals surface area contributed by atoms with Gasteiger partial charge in [-0.15, -0.1) is 0 Å². The van der Waals surface area contributed by atoms with Gasteiger partial charge in [0.1, 0.15) is 11.4 Å². The molecule has 0 aliphatic carbocycles. The number of carboxylic acid groups (broad SMARTS) is 1. The van der Waals surface area contributed by atoms with Crippen molar-refractivity contribution in [3.8, 4) is 11.5 Å². The lowest BCUT2D eigenvalue weighted by Crippen LogP contribution is -2.15. The summed E-state index contributed by atoms with van der Waals surface area (Å²) in [5, 5.41) is 8.97. The molecule has 18 heavy (non-hydrogen) atoms. The van der Waals surface area contributed by atoms with Gasteiger partial charge in [0.15, 0.2) is 17.8 Å². The first kappa shape index (κ1) is 12.6. The molecular formula is C12H13FO5. The van der Waals surface area contributed by atoms with Crippen molar-refractivity contribution in [3.05, 3.63) is 23.5 Å². The summed E-state index contributed by atoms with van der Waals surface area (Å²) in [5.41, 5.74) is -0.273. The summed E-state index contributed by atoms with van der Waals surface area (Å²) in [5.74, 6) is -1.93. The third-order valence-electron chi connectivity index (χ3n) is 2.60. The Morgan fingerprint density at radius 3 is 2.89 bits per heavy atom. The molecule has 0 saturated carbocycles. The Hall–Kier alpha value is -1.82. The van der Waals surface area contributed by atoms with Crippen molar-refractivity contribution in [3.63, 3.8) is 0 Å². The van der Waals surface area contributed by atoms with Gasteiger partial charge in [-0.25, -0.2) is 9.18 Å². The lowest BCUT2D eigenvalue weighted by molar-refractivity contribution is -0.0405. The van der Waals surface area contributed by atoms with Crippen LogP contribution < -0.4 is 9.47 Å². The van der Waals surface area contributed by atoms with Crippen molar-refractivity contribution in [1.29, 1.82) is 0 Å². The van der Waals surface area contributed by atoms with Crippen LogP contribution in [0.15, 0.2) is 12.1 Å². The molecule has 1 heterocycles. The van der Waals surface area contributed by atoms with Gasteiger partial charge in [-0.3, -0.25) is 0 Å². The topological polar surface area (TPSA) is 65.0 Å². The van der Waals surface area contributed by atoms with Crippen molar-refractivity contribution in [2.75, 3.05) is 13.7 Å². The fourth-order valence-electron chi connectivity index (χ4n) is 1.81. The van der Waals surface area contributed by atoms with Crippen LogP contribution in [-0.4, -0.2) is 31.1 Å². The Morgan fingerprint density at radius 2 is 2.33 bits per heavy atom. The minimum atomic E-state index is -1.27. The first-order valence-electron chi connectivity index (χ1n) is 5.51. The van der Waals surface area contributed by atoms with Crippen LogP contribution in [0.3, 0.4) is 0 Å². The van der Waals surface area contributed by atoms with Crippen LogP contribution in [0.1, 0.15) is 23.2 Å². The van der Waals surface area contributed by atoms with E-state index in [1.807, 2.05) is 0 Å². The zero-order chi connectivity index (χ0) is 13.1. The summed E-state index contributed by atoms with van der Waals surface area (Å²) < 4.78 is 29.0. The van der Waals surface area contributed by atoms with Gasteiger partial charge in [0.05, 0.1) is 13.7 Å². The molecule has 0 spiro atoms. The fraction of sp³-hybridized carbons (Fsp3) is 0.417. The Kier molecular flexibility index (Phi) is 3.66. The Morgan fingerprint density at radius 1 is 1.56 bits per heavy atom. The Labute approximate surface area is 103 Å². The average molecular weight is 256 g/mol. The lowest BCUT2D eigenvalue weighted by atomic mass is 10.2. The highest BCUT2D eigenvalue weighted by Gasteiger charge is 2.23. The smallest absolute Gasteiger partial charge is 0.339 e. The minimum absolute atomic E-state index is 0.000556. The number of carboxylic acids is 1. The number of hydrogen-bond donors (Lipinski definition) is 1. The van der Waals surface area contributed by atoms with Gasteiger partial charge in [-0.05, 0) is 12.5 Å². The maximum atomic E-state index is 13.3. The normalized spacial score (nSPS) is 18.7. The Bertz CT molecular complexity index is 454.